The highest BCUT2D eigenvalue weighted by Crippen LogP contribution is 1.97. The van der Waals surface area contributed by atoms with Gasteiger partial charge in [0.25, 0.3) is 0 Å². The first kappa shape index (κ1) is 14.9. The molecule has 5 heteroatoms. The molecule has 92 valence electrons. The van der Waals surface area contributed by atoms with Gasteiger partial charge in [-0.1, -0.05) is 6.58 Å². The van der Waals surface area contributed by atoms with Gasteiger partial charge in [0.2, 0.25) is 17.5 Å². The van der Waals surface area contributed by atoms with Gasteiger partial charge in [-0.3, -0.25) is 14.4 Å². The molecule has 0 aromatic carbocycles. The van der Waals surface area contributed by atoms with Gasteiger partial charge in [0.1, 0.15) is 0 Å². The van der Waals surface area contributed by atoms with Crippen LogP contribution in [-0.4, -0.2) is 29.6 Å². The van der Waals surface area contributed by atoms with Crippen molar-refractivity contribution in [3.05, 3.63) is 12.3 Å². The van der Waals surface area contributed by atoms with E-state index in [1.54, 1.807) is 0 Å². The number of ketones is 2. The summed E-state index contributed by atoms with van der Waals surface area (Å²) in [6.07, 6.45) is 0.226. The maximum Gasteiger partial charge on any atom is 0.220 e. The van der Waals surface area contributed by atoms with E-state index in [2.05, 4.69) is 23.7 Å². The van der Waals surface area contributed by atoms with E-state index in [-0.39, 0.29) is 37.3 Å². The standard InChI is InChI=1S/C12H15NO4/c1-9(14)3-4-10(15)5-6-11(16)7-8-12(17)13-2/h14H,1,3-4,7-8H2,2H3,(H,13,17). The summed E-state index contributed by atoms with van der Waals surface area (Å²) in [6, 6.07) is 0. The Morgan fingerprint density at radius 3 is 1.94 bits per heavy atom. The van der Waals surface area contributed by atoms with E-state index in [4.69, 9.17) is 5.11 Å². The molecule has 0 saturated heterocycles. The highest BCUT2D eigenvalue weighted by atomic mass is 16.3. The second-order valence-corrected chi connectivity index (χ2v) is 3.34. The number of hydrogen-bond donors (Lipinski definition) is 2. The van der Waals surface area contributed by atoms with Crippen LogP contribution < -0.4 is 5.32 Å². The third-order valence-electron chi connectivity index (χ3n) is 1.84. The SMILES string of the molecule is C=C(O)CCC(=O)C#CC(=O)CCC(=O)NC. The van der Waals surface area contributed by atoms with Crippen molar-refractivity contribution < 1.29 is 19.5 Å². The second-order valence-electron chi connectivity index (χ2n) is 3.34. The van der Waals surface area contributed by atoms with Gasteiger partial charge < -0.3 is 10.4 Å². The minimum absolute atomic E-state index is 0.00728. The topological polar surface area (TPSA) is 83.5 Å². The first-order chi connectivity index (χ1) is 7.95. The molecule has 0 rings (SSSR count). The fraction of sp³-hybridized carbons (Fsp3) is 0.417. The molecule has 0 bridgehead atoms. The second kappa shape index (κ2) is 8.11. The average molecular weight is 237 g/mol. The van der Waals surface area contributed by atoms with E-state index >= 15 is 0 Å². The molecule has 0 atom stereocenters. The van der Waals surface area contributed by atoms with Crippen molar-refractivity contribution in [2.45, 2.75) is 25.7 Å². The molecule has 0 aliphatic rings. The Morgan fingerprint density at radius 1 is 1.06 bits per heavy atom. The van der Waals surface area contributed by atoms with Crippen LogP contribution in [0, 0.1) is 11.8 Å². The normalized spacial score (nSPS) is 8.76. The minimum Gasteiger partial charge on any atom is -0.513 e. The van der Waals surface area contributed by atoms with Gasteiger partial charge in [-0.05, 0) is 11.8 Å². The van der Waals surface area contributed by atoms with Gasteiger partial charge in [-0.2, -0.15) is 0 Å². The highest BCUT2D eigenvalue weighted by molar-refractivity contribution is 6.05. The van der Waals surface area contributed by atoms with Gasteiger partial charge in [-0.15, -0.1) is 0 Å². The van der Waals surface area contributed by atoms with Gasteiger partial charge in [0.15, 0.2) is 0 Å². The number of aliphatic hydroxyl groups excluding tert-OH is 1. The summed E-state index contributed by atoms with van der Waals surface area (Å²) in [7, 11) is 1.48. The Bertz CT molecular complexity index is 387. The summed E-state index contributed by atoms with van der Waals surface area (Å²) >= 11 is 0. The molecule has 0 heterocycles. The summed E-state index contributed by atoms with van der Waals surface area (Å²) in [5.74, 6) is 3.08. The molecular formula is C12H15NO4. The van der Waals surface area contributed by atoms with Crippen molar-refractivity contribution >= 4 is 17.5 Å². The number of amides is 1. The van der Waals surface area contributed by atoms with Crippen LogP contribution >= 0.6 is 0 Å². The average Bonchev–Trinajstić information content (AvgIpc) is 2.30. The molecule has 0 saturated carbocycles. The summed E-state index contributed by atoms with van der Waals surface area (Å²) in [6.45, 7) is 3.22. The number of aliphatic hydroxyl groups is 1. The maximum absolute atomic E-state index is 11.1. The fourth-order valence-electron chi connectivity index (χ4n) is 0.874. The van der Waals surface area contributed by atoms with Gasteiger partial charge in [-0.25, -0.2) is 0 Å². The van der Waals surface area contributed by atoms with Crippen molar-refractivity contribution in [3.63, 3.8) is 0 Å². The number of rotatable bonds is 6. The zero-order valence-electron chi connectivity index (χ0n) is 9.71. The van der Waals surface area contributed by atoms with Crippen molar-refractivity contribution in [1.29, 1.82) is 0 Å². The molecule has 0 aliphatic carbocycles. The molecule has 0 radical (unpaired) electrons. The molecule has 5 nitrogen and oxygen atoms in total. The third kappa shape index (κ3) is 8.88. The molecule has 0 spiro atoms. The Labute approximate surface area is 99.9 Å². The third-order valence-corrected chi connectivity index (χ3v) is 1.84. The van der Waals surface area contributed by atoms with Crippen LogP contribution in [0.3, 0.4) is 0 Å². The van der Waals surface area contributed by atoms with Crippen molar-refractivity contribution in [1.82, 2.24) is 5.32 Å². The van der Waals surface area contributed by atoms with E-state index in [0.29, 0.717) is 0 Å². The predicted octanol–water partition coefficient (Wildman–Crippen LogP) is 0.506. The maximum atomic E-state index is 11.1. The molecule has 0 aromatic heterocycles. The molecule has 0 fully saturated rings. The smallest absolute Gasteiger partial charge is 0.220 e. The summed E-state index contributed by atoms with van der Waals surface area (Å²) in [5.41, 5.74) is 0. The number of nitrogens with one attached hydrogen (secondary N) is 1. The zero-order chi connectivity index (χ0) is 13.3. The predicted molar refractivity (Wildman–Crippen MR) is 62.1 cm³/mol. The Balaban J connectivity index is 3.99. The van der Waals surface area contributed by atoms with Crippen LogP contribution in [-0.2, 0) is 14.4 Å². The summed E-state index contributed by atoms with van der Waals surface area (Å²) in [4.78, 5) is 33.0. The monoisotopic (exact) mass is 237 g/mol. The highest BCUT2D eigenvalue weighted by Gasteiger charge is 2.03. The Hall–Kier alpha value is -2.09. The van der Waals surface area contributed by atoms with Crippen molar-refractivity contribution in [3.8, 4) is 11.8 Å². The first-order valence-corrected chi connectivity index (χ1v) is 5.10. The largest absolute Gasteiger partial charge is 0.513 e. The molecule has 2 N–H and O–H groups in total. The van der Waals surface area contributed by atoms with Gasteiger partial charge in [0.05, 0.1) is 5.76 Å². The number of carbonyl (C=O) groups is 3. The molecule has 1 amide bonds. The van der Waals surface area contributed by atoms with Crippen molar-refractivity contribution in [2.75, 3.05) is 7.05 Å². The number of carbonyl (C=O) groups excluding carboxylic acids is 3. The first-order valence-electron chi connectivity index (χ1n) is 5.10. The summed E-state index contributed by atoms with van der Waals surface area (Å²) in [5, 5.41) is 11.1. The number of allylic oxidation sites excluding steroid dienone is 1. The van der Waals surface area contributed by atoms with Crippen molar-refractivity contribution in [2.24, 2.45) is 0 Å². The Morgan fingerprint density at radius 2 is 1.53 bits per heavy atom. The fourth-order valence-corrected chi connectivity index (χ4v) is 0.874. The molecule has 0 aliphatic heterocycles. The Kier molecular flexibility index (Phi) is 7.11. The van der Waals surface area contributed by atoms with Crippen LogP contribution in [0.25, 0.3) is 0 Å². The van der Waals surface area contributed by atoms with Crippen LogP contribution in [0.1, 0.15) is 25.7 Å². The molecule has 0 aromatic rings. The van der Waals surface area contributed by atoms with E-state index in [9.17, 15) is 14.4 Å². The lowest BCUT2D eigenvalue weighted by Crippen LogP contribution is -2.18. The van der Waals surface area contributed by atoms with Crippen LogP contribution in [0.5, 0.6) is 0 Å². The number of Topliss-reactive ketones (excluding diaryl/α,β-unsaturated/α-hetero) is 2. The molecule has 0 unspecified atom stereocenters. The van der Waals surface area contributed by atoms with E-state index in [1.807, 2.05) is 0 Å². The lowest BCUT2D eigenvalue weighted by atomic mass is 10.2. The van der Waals surface area contributed by atoms with Gasteiger partial charge in [0, 0.05) is 32.7 Å². The quantitative estimate of drug-likeness (QED) is 0.400. The minimum atomic E-state index is -0.454. The zero-order valence-corrected chi connectivity index (χ0v) is 9.71. The lowest BCUT2D eigenvalue weighted by Gasteiger charge is -1.94. The lowest BCUT2D eigenvalue weighted by molar-refractivity contribution is -0.123. The molecule has 17 heavy (non-hydrogen) atoms. The van der Waals surface area contributed by atoms with Crippen LogP contribution in [0.2, 0.25) is 0 Å². The van der Waals surface area contributed by atoms with Crippen LogP contribution in [0.15, 0.2) is 12.3 Å². The van der Waals surface area contributed by atoms with E-state index in [0.717, 1.165) is 0 Å². The van der Waals surface area contributed by atoms with E-state index in [1.165, 1.54) is 7.05 Å². The molecular weight excluding hydrogens is 222 g/mol. The summed E-state index contributed by atoms with van der Waals surface area (Å²) < 4.78 is 0. The van der Waals surface area contributed by atoms with E-state index < -0.39 is 11.6 Å². The number of hydrogen-bond acceptors (Lipinski definition) is 4. The van der Waals surface area contributed by atoms with Gasteiger partial charge >= 0.3 is 0 Å². The van der Waals surface area contributed by atoms with Crippen LogP contribution in [0.4, 0.5) is 0 Å².